The van der Waals surface area contributed by atoms with Crippen LogP contribution < -0.4 is 32.3 Å². The van der Waals surface area contributed by atoms with Crippen LogP contribution in [0.5, 0.6) is 0 Å². The van der Waals surface area contributed by atoms with E-state index in [2.05, 4.69) is 26.6 Å². The van der Waals surface area contributed by atoms with Crippen molar-refractivity contribution in [3.05, 3.63) is 141 Å². The van der Waals surface area contributed by atoms with E-state index < -0.39 is 134 Å². The molecular formula is C60H71F7N8O15S5. The predicted octanol–water partition coefficient (Wildman–Crippen LogP) is 6.12. The van der Waals surface area contributed by atoms with Gasteiger partial charge < -0.3 is 46.2 Å². The summed E-state index contributed by atoms with van der Waals surface area (Å²) in [6, 6.07) is 15.5. The number of Topliss-reactive ketones (excluding diaryl/α,β-unsaturated/α-hetero) is 2. The van der Waals surface area contributed by atoms with Crippen LogP contribution in [0.25, 0.3) is 0 Å². The minimum Gasteiger partial charge on any atom is -0.445 e. The molecule has 4 fully saturated rings. The highest BCUT2D eigenvalue weighted by atomic mass is 32.2. The number of ether oxygens (including phenoxy) is 1. The van der Waals surface area contributed by atoms with Crippen LogP contribution in [0, 0.1) is 37.1 Å². The second-order valence-corrected chi connectivity index (χ2v) is 31.4. The Bertz CT molecular complexity index is 3860. The van der Waals surface area contributed by atoms with E-state index in [1.165, 1.54) is 12.1 Å². The zero-order valence-electron chi connectivity index (χ0n) is 51.3. The zero-order chi connectivity index (χ0) is 69.8. The molecule has 2 aromatic heterocycles. The number of alkyl carbamates (subject to hydrolysis) is 1. The minimum atomic E-state index is -5.84. The molecule has 0 aliphatic carbocycles. The molecule has 35 heteroatoms. The third-order valence-corrected chi connectivity index (χ3v) is 23.4. The van der Waals surface area contributed by atoms with E-state index in [0.717, 1.165) is 29.8 Å². The average Bonchev–Trinajstić information content (AvgIpc) is 1.62. The van der Waals surface area contributed by atoms with Gasteiger partial charge in [-0.15, -0.1) is 0 Å². The molecule has 0 atom stereocenters. The molecule has 5 amide bonds. The van der Waals surface area contributed by atoms with Crippen molar-refractivity contribution < 1.29 is 98.8 Å². The lowest BCUT2D eigenvalue weighted by Crippen LogP contribution is -2.62. The molecule has 11 rings (SSSR count). The summed E-state index contributed by atoms with van der Waals surface area (Å²) in [6.07, 6.45) is 2.04. The van der Waals surface area contributed by atoms with Gasteiger partial charge in [-0.1, -0.05) is 37.8 Å². The lowest BCUT2D eigenvalue weighted by Gasteiger charge is -2.37. The molecule has 8 N–H and O–H groups in total. The third kappa shape index (κ3) is 19.3. The van der Waals surface area contributed by atoms with Gasteiger partial charge >= 0.3 is 21.7 Å². The van der Waals surface area contributed by atoms with E-state index >= 15 is 0 Å². The maximum atomic E-state index is 13.5. The van der Waals surface area contributed by atoms with Crippen LogP contribution in [0.2, 0.25) is 0 Å². The van der Waals surface area contributed by atoms with Crippen molar-refractivity contribution in [3.8, 4) is 0 Å². The summed E-state index contributed by atoms with van der Waals surface area (Å²) < 4.78 is 163. The maximum absolute atomic E-state index is 13.5. The average molecular weight is 1440 g/mol. The van der Waals surface area contributed by atoms with Crippen molar-refractivity contribution in [2.24, 2.45) is 5.73 Å². The normalized spacial score (nSPS) is 24.0. The van der Waals surface area contributed by atoms with Gasteiger partial charge in [-0.3, -0.25) is 50.2 Å². The summed E-state index contributed by atoms with van der Waals surface area (Å²) in [6.45, 7) is 11.7. The number of ketones is 2. The molecule has 23 nitrogen and oxygen atoms in total. The van der Waals surface area contributed by atoms with Gasteiger partial charge in [-0.25, -0.2) is 22.4 Å². The summed E-state index contributed by atoms with van der Waals surface area (Å²) in [7, 11) is -9.21. The van der Waals surface area contributed by atoms with Gasteiger partial charge in [-0.2, -0.15) is 21.6 Å². The standard InChI is InChI=1S/2C21H21F2N3O4S.C12H15NO3S.C4H9NOS.CHF3O3S.CH4/c2*1-11-16(18(27)20(29)25-21(2)9-31(30)10-21)15-4-3-7-26(15)17(11)19(28)24-12-5-6-13(22)14(23)8-12;1-12(8-17(15)9-12)13-11(14)16-7-10-5-3-2-4-6-10;1-4(5)2-7(6)3-4;2-1(3,4)8(5,6)7;/h2*5-6,8H,3-4,7,9-10H2,1-2H3,(H,24,28)(H,25,29);2-6H,7-9H2,1H3,(H,13,14);2-3,5H2,1H3;(H,5,6,7);1H4. The number of carbonyl (C=O) groups excluding carboxylic acids is 7. The van der Waals surface area contributed by atoms with E-state index in [1.54, 1.807) is 36.8 Å². The summed E-state index contributed by atoms with van der Waals surface area (Å²) in [5.41, 5.74) is 1.99. The Balaban J connectivity index is 0.000000208. The molecule has 0 bridgehead atoms. The molecule has 8 heterocycles. The fraction of sp³-hybridized carbons (Fsp3) is 0.450. The molecule has 520 valence electrons. The smallest absolute Gasteiger partial charge is 0.445 e. The number of hydrogen-bond acceptors (Lipinski definition) is 15. The summed E-state index contributed by atoms with van der Waals surface area (Å²) in [5, 5.41) is 13.1. The molecule has 4 saturated heterocycles. The van der Waals surface area contributed by atoms with Crippen molar-refractivity contribution in [1.82, 2.24) is 25.1 Å². The first kappa shape index (κ1) is 76.7. The Hall–Kier alpha value is -7.31. The number of nitrogens with two attached hydrogens (primary N) is 1. The molecule has 6 aliphatic rings. The van der Waals surface area contributed by atoms with E-state index in [1.807, 2.05) is 44.2 Å². The SMILES string of the molecule is C.CC1(N)CS(=O)C1.CC1(NC(=O)OCc2ccccc2)CS(=O)C1.Cc1c(C(=O)C(=O)NC2(C)CS(=O)C2)c2n(c1C(=O)Nc1ccc(F)c(F)c1)CCC2.Cc1c(C(=O)C(=O)NC2(C)CS(=O)C2)c2n(c1C(=O)Nc1ccc(F)c(F)c1)CCC2.O=S(=O)(O)C(F)(F)F. The number of hydrogen-bond donors (Lipinski definition) is 7. The van der Waals surface area contributed by atoms with E-state index in [4.69, 9.17) is 23.4 Å². The van der Waals surface area contributed by atoms with Crippen LogP contribution in [0.4, 0.5) is 46.9 Å². The molecule has 0 radical (unpaired) electrons. The number of amides is 5. The van der Waals surface area contributed by atoms with Crippen molar-refractivity contribution >= 4 is 106 Å². The predicted molar refractivity (Wildman–Crippen MR) is 342 cm³/mol. The zero-order valence-corrected chi connectivity index (χ0v) is 55.4. The van der Waals surface area contributed by atoms with E-state index in [-0.39, 0.29) is 59.0 Å². The van der Waals surface area contributed by atoms with Crippen LogP contribution in [0.15, 0.2) is 66.7 Å². The number of halogens is 7. The molecule has 95 heavy (non-hydrogen) atoms. The minimum absolute atomic E-state index is 0. The van der Waals surface area contributed by atoms with Crippen LogP contribution in [-0.4, -0.2) is 154 Å². The fourth-order valence-corrected chi connectivity index (χ4v) is 16.8. The van der Waals surface area contributed by atoms with Crippen LogP contribution in [0.3, 0.4) is 0 Å². The number of nitrogens with one attached hydrogen (secondary N) is 5. The van der Waals surface area contributed by atoms with Gasteiger partial charge in [0.25, 0.3) is 35.2 Å². The number of anilines is 2. The largest absolute Gasteiger partial charge is 0.522 e. The topological polar surface area (TPSA) is 347 Å². The first-order chi connectivity index (χ1) is 43.6. The van der Waals surface area contributed by atoms with E-state index in [0.29, 0.717) is 107 Å². The Labute approximate surface area is 552 Å². The van der Waals surface area contributed by atoms with Gasteiger partial charge in [0, 0.05) is 143 Å². The first-order valence-electron chi connectivity index (χ1n) is 28.5. The Morgan fingerprint density at radius 2 is 0.926 bits per heavy atom. The first-order valence-corrected chi connectivity index (χ1v) is 35.9. The quantitative estimate of drug-likeness (QED) is 0.0230. The second kappa shape index (κ2) is 30.4. The molecule has 5 aromatic rings. The number of nitrogens with zero attached hydrogens (tertiary/aromatic N) is 2. The summed E-state index contributed by atoms with van der Waals surface area (Å²) in [4.78, 5) is 88.5. The Kier molecular flexibility index (Phi) is 24.5. The number of alkyl halides is 3. The highest BCUT2D eigenvalue weighted by molar-refractivity contribution is 7.87. The van der Waals surface area contributed by atoms with Gasteiger partial charge in [-0.05, 0) is 108 Å². The number of benzene rings is 3. The Morgan fingerprint density at radius 3 is 1.23 bits per heavy atom. The molecule has 0 saturated carbocycles. The van der Waals surface area contributed by atoms with Gasteiger partial charge in [0.15, 0.2) is 23.3 Å². The van der Waals surface area contributed by atoms with Crippen LogP contribution >= 0.6 is 0 Å². The highest BCUT2D eigenvalue weighted by Gasteiger charge is 2.46. The number of carbonyl (C=O) groups is 7. The monoisotopic (exact) mass is 1440 g/mol. The lowest BCUT2D eigenvalue weighted by atomic mass is 10.0. The number of fused-ring (bicyclic) bond motifs is 2. The van der Waals surface area contributed by atoms with Crippen LogP contribution in [-0.2, 0) is 100 Å². The van der Waals surface area contributed by atoms with Crippen molar-refractivity contribution in [2.75, 3.05) is 56.7 Å². The summed E-state index contributed by atoms with van der Waals surface area (Å²) >= 11 is 0. The fourth-order valence-electron chi connectivity index (χ4n) is 11.0. The highest BCUT2D eigenvalue weighted by Crippen LogP contribution is 2.33. The van der Waals surface area contributed by atoms with Crippen molar-refractivity contribution in [1.29, 1.82) is 0 Å². The van der Waals surface area contributed by atoms with Crippen molar-refractivity contribution in [2.45, 2.75) is 122 Å². The second-order valence-electron chi connectivity index (χ2n) is 24.2. The molecule has 0 spiro atoms. The lowest BCUT2D eigenvalue weighted by molar-refractivity contribution is -0.119. The number of aromatic nitrogens is 2. The van der Waals surface area contributed by atoms with Gasteiger partial charge in [0.2, 0.25) is 0 Å². The van der Waals surface area contributed by atoms with Gasteiger partial charge in [0.1, 0.15) is 18.0 Å². The van der Waals surface area contributed by atoms with Gasteiger partial charge in [0.05, 0.1) is 27.7 Å². The summed E-state index contributed by atoms with van der Waals surface area (Å²) in [5.74, 6) is -4.90. The third-order valence-electron chi connectivity index (χ3n) is 15.1. The Morgan fingerprint density at radius 1 is 0.579 bits per heavy atom. The van der Waals surface area contributed by atoms with E-state index in [9.17, 15) is 81.1 Å². The molecule has 0 unspecified atom stereocenters. The molecular weight excluding hydrogens is 1370 g/mol. The molecule has 6 aliphatic heterocycles. The maximum Gasteiger partial charge on any atom is 0.522 e. The number of rotatable bonds is 13. The molecule has 3 aromatic carbocycles. The van der Waals surface area contributed by atoms with Crippen LogP contribution in [0.1, 0.15) is 118 Å². The van der Waals surface area contributed by atoms with Crippen molar-refractivity contribution in [3.63, 3.8) is 0 Å².